The topological polar surface area (TPSA) is 78.7 Å². The second kappa shape index (κ2) is 10.1. The van der Waals surface area contributed by atoms with Crippen LogP contribution in [0, 0.1) is 12.8 Å². The highest BCUT2D eigenvalue weighted by Crippen LogP contribution is 2.26. The van der Waals surface area contributed by atoms with Gasteiger partial charge in [0.25, 0.3) is 5.91 Å². The molecule has 25 heavy (non-hydrogen) atoms. The predicted molar refractivity (Wildman–Crippen MR) is 101 cm³/mol. The fraction of sp³-hybridized carbons (Fsp3) is 0.684. The van der Waals surface area contributed by atoms with Crippen LogP contribution in [0.1, 0.15) is 61.6 Å². The van der Waals surface area contributed by atoms with Gasteiger partial charge in [0, 0.05) is 31.7 Å². The minimum atomic E-state index is -0.155. The maximum absolute atomic E-state index is 11.9. The van der Waals surface area contributed by atoms with Crippen molar-refractivity contribution >= 4 is 11.9 Å². The van der Waals surface area contributed by atoms with Crippen LogP contribution < -0.4 is 16.0 Å². The Bertz CT molecular complexity index is 568. The van der Waals surface area contributed by atoms with Gasteiger partial charge in [0.15, 0.2) is 11.7 Å². The molecule has 6 nitrogen and oxygen atoms in total. The van der Waals surface area contributed by atoms with E-state index in [9.17, 15) is 4.79 Å². The number of nitrogens with zero attached hydrogens (tertiary/aromatic N) is 1. The minimum Gasteiger partial charge on any atom is -0.459 e. The third-order valence-electron chi connectivity index (χ3n) is 4.92. The normalized spacial score (nSPS) is 21.0. The summed E-state index contributed by atoms with van der Waals surface area (Å²) in [5, 5.41) is 9.75. The number of carbonyl (C=O) groups is 1. The van der Waals surface area contributed by atoms with Gasteiger partial charge in [-0.2, -0.15) is 0 Å². The summed E-state index contributed by atoms with van der Waals surface area (Å²) in [6.45, 7) is 5.51. The maximum atomic E-state index is 11.9. The van der Waals surface area contributed by atoms with Crippen molar-refractivity contribution in [1.82, 2.24) is 16.0 Å². The summed E-state index contributed by atoms with van der Waals surface area (Å²) in [5.41, 5.74) is 0.859. The third-order valence-corrected chi connectivity index (χ3v) is 4.92. The van der Waals surface area contributed by atoms with E-state index in [0.29, 0.717) is 18.3 Å². The Morgan fingerprint density at radius 2 is 2.12 bits per heavy atom. The largest absolute Gasteiger partial charge is 0.459 e. The van der Waals surface area contributed by atoms with Crippen molar-refractivity contribution in [2.45, 2.75) is 58.4 Å². The van der Waals surface area contributed by atoms with Crippen LogP contribution in [0.3, 0.4) is 0 Å². The van der Waals surface area contributed by atoms with E-state index in [1.807, 2.05) is 6.92 Å². The van der Waals surface area contributed by atoms with E-state index in [1.54, 1.807) is 13.1 Å². The van der Waals surface area contributed by atoms with Gasteiger partial charge in [0.05, 0.1) is 6.26 Å². The lowest BCUT2D eigenvalue weighted by molar-refractivity contribution is 0.0925. The predicted octanol–water partition coefficient (Wildman–Crippen LogP) is 2.84. The van der Waals surface area contributed by atoms with Gasteiger partial charge in [0.2, 0.25) is 0 Å². The van der Waals surface area contributed by atoms with Crippen molar-refractivity contribution in [2.24, 2.45) is 10.9 Å². The Labute approximate surface area is 150 Å². The molecule has 2 atom stereocenters. The van der Waals surface area contributed by atoms with Gasteiger partial charge in [-0.3, -0.25) is 9.79 Å². The van der Waals surface area contributed by atoms with Crippen molar-refractivity contribution in [1.29, 1.82) is 0 Å². The van der Waals surface area contributed by atoms with Crippen LogP contribution in [-0.4, -0.2) is 38.0 Å². The van der Waals surface area contributed by atoms with E-state index in [-0.39, 0.29) is 5.91 Å². The summed E-state index contributed by atoms with van der Waals surface area (Å²) < 4.78 is 5.18. The molecule has 1 amide bonds. The SMILES string of the molecule is CCC1CCCC(NC(=NC)NCCCNC(=O)c2occc2C)C1. The summed E-state index contributed by atoms with van der Waals surface area (Å²) in [5.74, 6) is 1.94. The fourth-order valence-corrected chi connectivity index (χ4v) is 3.36. The van der Waals surface area contributed by atoms with Crippen molar-refractivity contribution in [3.8, 4) is 0 Å². The number of hydrogen-bond donors (Lipinski definition) is 3. The van der Waals surface area contributed by atoms with Gasteiger partial charge < -0.3 is 20.4 Å². The Hall–Kier alpha value is -1.98. The zero-order valence-electron chi connectivity index (χ0n) is 15.7. The zero-order chi connectivity index (χ0) is 18.1. The number of furan rings is 1. The Morgan fingerprint density at radius 3 is 2.80 bits per heavy atom. The van der Waals surface area contributed by atoms with Crippen LogP contribution in [0.4, 0.5) is 0 Å². The van der Waals surface area contributed by atoms with Crippen LogP contribution >= 0.6 is 0 Å². The standard InChI is InChI=1S/C19H32N4O2/c1-4-15-7-5-8-16(13-15)23-19(20-3)22-11-6-10-21-18(24)17-14(2)9-12-25-17/h9,12,15-16H,4-8,10-11,13H2,1-3H3,(H,21,24)(H2,20,22,23). The number of guanidine groups is 1. The number of carbonyl (C=O) groups excluding carboxylic acids is 1. The summed E-state index contributed by atoms with van der Waals surface area (Å²) >= 11 is 0. The first-order valence-corrected chi connectivity index (χ1v) is 9.43. The molecule has 1 aliphatic rings. The van der Waals surface area contributed by atoms with Crippen molar-refractivity contribution in [3.63, 3.8) is 0 Å². The van der Waals surface area contributed by atoms with Gasteiger partial charge >= 0.3 is 0 Å². The third kappa shape index (κ3) is 6.11. The van der Waals surface area contributed by atoms with Crippen LogP contribution in [0.15, 0.2) is 21.7 Å². The van der Waals surface area contributed by atoms with Gasteiger partial charge in [-0.25, -0.2) is 0 Å². The molecule has 1 saturated carbocycles. The summed E-state index contributed by atoms with van der Waals surface area (Å²) in [4.78, 5) is 16.3. The molecule has 0 aromatic carbocycles. The Morgan fingerprint density at radius 1 is 1.32 bits per heavy atom. The molecular weight excluding hydrogens is 316 g/mol. The van der Waals surface area contributed by atoms with Crippen LogP contribution in [0.5, 0.6) is 0 Å². The molecule has 1 aliphatic carbocycles. The lowest BCUT2D eigenvalue weighted by Gasteiger charge is -2.30. The minimum absolute atomic E-state index is 0.155. The van der Waals surface area contributed by atoms with Gasteiger partial charge in [0.1, 0.15) is 0 Å². The molecule has 6 heteroatoms. The fourth-order valence-electron chi connectivity index (χ4n) is 3.36. The molecule has 0 aliphatic heterocycles. The number of aliphatic imine (C=N–C) groups is 1. The smallest absolute Gasteiger partial charge is 0.287 e. The molecule has 140 valence electrons. The number of nitrogens with one attached hydrogen (secondary N) is 3. The first kappa shape index (κ1) is 19.3. The van der Waals surface area contributed by atoms with Crippen LogP contribution in [-0.2, 0) is 0 Å². The van der Waals surface area contributed by atoms with Crippen molar-refractivity contribution in [2.75, 3.05) is 20.1 Å². The monoisotopic (exact) mass is 348 g/mol. The van der Waals surface area contributed by atoms with Gasteiger partial charge in [-0.15, -0.1) is 0 Å². The lowest BCUT2D eigenvalue weighted by atomic mass is 9.84. The first-order chi connectivity index (χ1) is 12.1. The molecule has 0 bridgehead atoms. The van der Waals surface area contributed by atoms with E-state index in [4.69, 9.17) is 4.42 Å². The molecule has 1 aromatic rings. The number of hydrogen-bond acceptors (Lipinski definition) is 3. The number of rotatable bonds is 7. The lowest BCUT2D eigenvalue weighted by Crippen LogP contribution is -2.45. The summed E-state index contributed by atoms with van der Waals surface area (Å²) in [6, 6.07) is 2.31. The van der Waals surface area contributed by atoms with Crippen LogP contribution in [0.2, 0.25) is 0 Å². The van der Waals surface area contributed by atoms with E-state index in [0.717, 1.165) is 30.4 Å². The molecule has 0 radical (unpaired) electrons. The molecule has 0 spiro atoms. The summed E-state index contributed by atoms with van der Waals surface area (Å²) in [6.07, 6.45) is 8.73. The van der Waals surface area contributed by atoms with Gasteiger partial charge in [-0.1, -0.05) is 26.2 Å². The number of amides is 1. The first-order valence-electron chi connectivity index (χ1n) is 9.43. The molecule has 3 N–H and O–H groups in total. The highest BCUT2D eigenvalue weighted by molar-refractivity contribution is 5.92. The molecule has 2 unspecified atom stereocenters. The van der Waals surface area contributed by atoms with E-state index < -0.39 is 0 Å². The Kier molecular flexibility index (Phi) is 7.82. The zero-order valence-corrected chi connectivity index (χ0v) is 15.7. The summed E-state index contributed by atoms with van der Waals surface area (Å²) in [7, 11) is 1.80. The molecule has 0 saturated heterocycles. The van der Waals surface area contributed by atoms with E-state index in [1.165, 1.54) is 38.4 Å². The molecular formula is C19H32N4O2. The van der Waals surface area contributed by atoms with Gasteiger partial charge in [-0.05, 0) is 38.2 Å². The van der Waals surface area contributed by atoms with Crippen LogP contribution in [0.25, 0.3) is 0 Å². The molecule has 1 aromatic heterocycles. The molecule has 1 heterocycles. The quantitative estimate of drug-likeness (QED) is 0.402. The highest BCUT2D eigenvalue weighted by atomic mass is 16.3. The second-order valence-electron chi connectivity index (χ2n) is 6.82. The second-order valence-corrected chi connectivity index (χ2v) is 6.82. The number of aryl methyl sites for hydroxylation is 1. The van der Waals surface area contributed by atoms with Crippen molar-refractivity contribution in [3.05, 3.63) is 23.7 Å². The van der Waals surface area contributed by atoms with E-state index >= 15 is 0 Å². The molecule has 2 rings (SSSR count). The van der Waals surface area contributed by atoms with E-state index in [2.05, 4.69) is 27.9 Å². The average Bonchev–Trinajstić information content (AvgIpc) is 3.06. The van der Waals surface area contributed by atoms with Crippen molar-refractivity contribution < 1.29 is 9.21 Å². The average molecular weight is 348 g/mol. The highest BCUT2D eigenvalue weighted by Gasteiger charge is 2.21. The Balaban J connectivity index is 1.63. The molecule has 1 fully saturated rings. The maximum Gasteiger partial charge on any atom is 0.287 e.